The summed E-state index contributed by atoms with van der Waals surface area (Å²) in [5.74, 6) is 0. The van der Waals surface area contributed by atoms with Crippen molar-refractivity contribution in [2.45, 2.75) is 103 Å². The minimum atomic E-state index is -3.27. The summed E-state index contributed by atoms with van der Waals surface area (Å²) >= 11 is 7.20. The molecule has 0 radical (unpaired) electrons. The molecular formula is C44H54B2O4S4Si2. The molecule has 4 nitrogen and oxygen atoms in total. The van der Waals surface area contributed by atoms with Crippen LogP contribution in [0.15, 0.2) is 108 Å². The SMILES string of the molecule is CC(C)(C)[Si]1(C(C)(C)C)OB(c2ccc(-c3ccc(-c4cccs4)s3)cc2)O[Si](C(C)(C)C)(C(C)(C)C)OB(c2ccc(-c3ccc(-c4cccs4)s3)cc2)O1. The van der Waals surface area contributed by atoms with Crippen LogP contribution in [0.1, 0.15) is 83.1 Å². The van der Waals surface area contributed by atoms with Crippen molar-refractivity contribution >= 4 is 87.6 Å². The Labute approximate surface area is 354 Å². The third-order valence-corrected chi connectivity index (χ3v) is 25.2. The van der Waals surface area contributed by atoms with E-state index in [1.54, 1.807) is 22.7 Å². The molecule has 1 saturated heterocycles. The van der Waals surface area contributed by atoms with E-state index in [2.05, 4.69) is 191 Å². The number of thiophene rings is 4. The molecule has 2 aromatic carbocycles. The van der Waals surface area contributed by atoms with Crippen molar-refractivity contribution in [1.82, 2.24) is 0 Å². The summed E-state index contributed by atoms with van der Waals surface area (Å²) in [5, 5.41) is 2.89. The molecule has 5 heterocycles. The van der Waals surface area contributed by atoms with Gasteiger partial charge >= 0.3 is 31.4 Å². The number of rotatable bonds is 6. The van der Waals surface area contributed by atoms with Gasteiger partial charge in [0.25, 0.3) is 0 Å². The van der Waals surface area contributed by atoms with E-state index < -0.39 is 31.4 Å². The summed E-state index contributed by atoms with van der Waals surface area (Å²) < 4.78 is 30.7. The lowest BCUT2D eigenvalue weighted by molar-refractivity contribution is 0.194. The van der Waals surface area contributed by atoms with Crippen LogP contribution < -0.4 is 10.9 Å². The third-order valence-electron chi connectivity index (χ3n) is 10.7. The lowest BCUT2D eigenvalue weighted by atomic mass is 9.80. The molecule has 7 rings (SSSR count). The summed E-state index contributed by atoms with van der Waals surface area (Å²) in [6, 6.07) is 35.1. The van der Waals surface area contributed by atoms with E-state index in [9.17, 15) is 0 Å². The molecule has 0 unspecified atom stereocenters. The van der Waals surface area contributed by atoms with E-state index in [4.69, 9.17) is 17.4 Å². The van der Waals surface area contributed by atoms with Crippen molar-refractivity contribution in [3.05, 3.63) is 108 Å². The monoisotopic (exact) mass is 852 g/mol. The molecule has 1 aliphatic heterocycles. The maximum absolute atomic E-state index is 7.68. The molecule has 1 fully saturated rings. The number of hydrogen-bond acceptors (Lipinski definition) is 8. The van der Waals surface area contributed by atoms with Crippen molar-refractivity contribution < 1.29 is 17.4 Å². The fraction of sp³-hybridized carbons (Fsp3) is 0.364. The van der Waals surface area contributed by atoms with Gasteiger partial charge in [0.15, 0.2) is 0 Å². The Balaban J connectivity index is 1.30. The van der Waals surface area contributed by atoms with E-state index in [-0.39, 0.29) is 20.2 Å². The zero-order chi connectivity index (χ0) is 40.3. The predicted molar refractivity (Wildman–Crippen MR) is 252 cm³/mol. The van der Waals surface area contributed by atoms with Gasteiger partial charge in [-0.2, -0.15) is 0 Å². The Morgan fingerprint density at radius 1 is 0.375 bits per heavy atom. The predicted octanol–water partition coefficient (Wildman–Crippen LogP) is 13.9. The quantitative estimate of drug-likeness (QED) is 0.156. The second kappa shape index (κ2) is 15.3. The average Bonchev–Trinajstić information content (AvgIpc) is 3.94. The molecule has 0 aliphatic carbocycles. The highest BCUT2D eigenvalue weighted by atomic mass is 32.1. The second-order valence-corrected chi connectivity index (χ2v) is 32.4. The van der Waals surface area contributed by atoms with Crippen molar-refractivity contribution in [2.75, 3.05) is 0 Å². The summed E-state index contributed by atoms with van der Waals surface area (Å²) in [4.78, 5) is 7.65. The van der Waals surface area contributed by atoms with Crippen LogP contribution in [0, 0.1) is 0 Å². The van der Waals surface area contributed by atoms with E-state index in [0.29, 0.717) is 0 Å². The van der Waals surface area contributed by atoms with E-state index in [1.165, 1.54) is 40.4 Å². The van der Waals surface area contributed by atoms with Gasteiger partial charge in [-0.1, -0.05) is 144 Å². The van der Waals surface area contributed by atoms with Crippen LogP contribution in [-0.4, -0.2) is 31.4 Å². The van der Waals surface area contributed by atoms with Gasteiger partial charge in [-0.05, 0) is 69.2 Å². The van der Waals surface area contributed by atoms with Crippen LogP contribution in [0.25, 0.3) is 40.4 Å². The molecule has 1 aliphatic rings. The van der Waals surface area contributed by atoms with Gasteiger partial charge in [0, 0.05) is 49.4 Å². The van der Waals surface area contributed by atoms with Gasteiger partial charge in [0.1, 0.15) is 0 Å². The molecule has 0 atom stereocenters. The first kappa shape index (κ1) is 41.8. The zero-order valence-corrected chi connectivity index (χ0v) is 40.1. The Bertz CT molecular complexity index is 2020. The largest absolute Gasteiger partial charge is 0.475 e. The van der Waals surface area contributed by atoms with Crippen LogP contribution in [-0.2, 0) is 17.4 Å². The van der Waals surface area contributed by atoms with Crippen LogP contribution in [0.3, 0.4) is 0 Å². The topological polar surface area (TPSA) is 36.9 Å². The van der Waals surface area contributed by atoms with Crippen LogP contribution in [0.2, 0.25) is 20.2 Å². The molecular weight excluding hydrogens is 799 g/mol. The molecule has 0 amide bonds. The van der Waals surface area contributed by atoms with Crippen molar-refractivity contribution in [1.29, 1.82) is 0 Å². The minimum absolute atomic E-state index is 0.344. The van der Waals surface area contributed by atoms with Gasteiger partial charge in [0.2, 0.25) is 0 Å². The van der Waals surface area contributed by atoms with Gasteiger partial charge in [0.05, 0.1) is 0 Å². The van der Waals surface area contributed by atoms with E-state index in [0.717, 1.165) is 10.9 Å². The van der Waals surface area contributed by atoms with Crippen LogP contribution in [0.5, 0.6) is 0 Å². The highest BCUT2D eigenvalue weighted by molar-refractivity contribution is 7.23. The first-order chi connectivity index (χ1) is 26.2. The Morgan fingerprint density at radius 2 is 0.679 bits per heavy atom. The van der Waals surface area contributed by atoms with E-state index in [1.807, 2.05) is 22.7 Å². The summed E-state index contributed by atoms with van der Waals surface area (Å²) in [6.45, 7) is 27.1. The second-order valence-electron chi connectivity index (χ2n) is 18.9. The third kappa shape index (κ3) is 7.88. The maximum atomic E-state index is 7.68. The average molecular weight is 853 g/mol. The maximum Gasteiger partial charge on any atom is 0.475 e. The molecule has 292 valence electrons. The number of benzene rings is 2. The fourth-order valence-corrected chi connectivity index (χ4v) is 21.6. The molecule has 0 saturated carbocycles. The highest BCUT2D eigenvalue weighted by Gasteiger charge is 2.68. The number of hydrogen-bond donors (Lipinski definition) is 0. The molecule has 0 N–H and O–H groups in total. The summed E-state index contributed by atoms with van der Waals surface area (Å²) in [7, 11) is -7.90. The zero-order valence-electron chi connectivity index (χ0n) is 34.8. The smallest absolute Gasteiger partial charge is 0.429 e. The standard InChI is InChI=1S/C44H54B2O4S4Si2/c1-41(2,3)55(42(4,5)6)47-45(33-21-17-31(18-22-33)35-25-27-39(53-35)37-15-13-29-51-37)49-56(43(7,8)9,44(10,11)12)50-46(48-55)34-23-19-32(20-24-34)36-26-28-40(54-36)38-16-14-30-52-38/h13-30H,1-12H3. The van der Waals surface area contributed by atoms with Crippen LogP contribution >= 0.6 is 45.3 Å². The lowest BCUT2D eigenvalue weighted by Gasteiger charge is -2.58. The Morgan fingerprint density at radius 3 is 0.946 bits per heavy atom. The first-order valence-electron chi connectivity index (χ1n) is 19.4. The Hall–Kier alpha value is -2.36. The lowest BCUT2D eigenvalue weighted by Crippen LogP contribution is -2.73. The van der Waals surface area contributed by atoms with Crippen molar-refractivity contribution in [3.8, 4) is 40.4 Å². The molecule has 0 spiro atoms. The fourth-order valence-electron chi connectivity index (χ4n) is 8.34. The summed E-state index contributed by atoms with van der Waals surface area (Å²) in [6.07, 6.45) is 0. The first-order valence-corrected chi connectivity index (χ1v) is 26.4. The van der Waals surface area contributed by atoms with Crippen molar-refractivity contribution in [2.24, 2.45) is 0 Å². The molecule has 6 aromatic rings. The minimum Gasteiger partial charge on any atom is -0.429 e. The Kier molecular flexibility index (Phi) is 11.5. The molecule has 0 bridgehead atoms. The van der Waals surface area contributed by atoms with Crippen molar-refractivity contribution in [3.63, 3.8) is 0 Å². The van der Waals surface area contributed by atoms with Gasteiger partial charge in [-0.3, -0.25) is 0 Å². The van der Waals surface area contributed by atoms with Gasteiger partial charge in [-0.25, -0.2) is 0 Å². The highest BCUT2D eigenvalue weighted by Crippen LogP contribution is 2.57. The van der Waals surface area contributed by atoms with Crippen LogP contribution in [0.4, 0.5) is 0 Å². The molecule has 4 aromatic heterocycles. The summed E-state index contributed by atoms with van der Waals surface area (Å²) in [5.41, 5.74) is 4.32. The molecule has 56 heavy (non-hydrogen) atoms. The van der Waals surface area contributed by atoms with Gasteiger partial charge in [-0.15, -0.1) is 45.3 Å². The normalized spacial score (nSPS) is 16.9. The van der Waals surface area contributed by atoms with E-state index >= 15 is 0 Å². The molecule has 12 heteroatoms. The van der Waals surface area contributed by atoms with Gasteiger partial charge < -0.3 is 17.4 Å².